The summed E-state index contributed by atoms with van der Waals surface area (Å²) >= 11 is 0. The molecular weight excluding hydrogens is 410 g/mol. The first-order chi connectivity index (χ1) is 16.2. The van der Waals surface area contributed by atoms with Crippen LogP contribution in [0.15, 0.2) is 60.7 Å². The van der Waals surface area contributed by atoms with Gasteiger partial charge < -0.3 is 10.3 Å². The van der Waals surface area contributed by atoms with E-state index in [0.717, 1.165) is 76.0 Å². The van der Waals surface area contributed by atoms with Crippen molar-refractivity contribution in [1.82, 2.24) is 20.2 Å². The van der Waals surface area contributed by atoms with Gasteiger partial charge in [-0.25, -0.2) is 4.98 Å². The van der Waals surface area contributed by atoms with Gasteiger partial charge in [-0.2, -0.15) is 5.10 Å². The number of aromatic nitrogens is 4. The molecule has 6 nitrogen and oxygen atoms in total. The van der Waals surface area contributed by atoms with Crippen LogP contribution in [-0.2, 0) is 11.2 Å². The number of carbonyl (C=O) groups excluding carboxylic acids is 1. The van der Waals surface area contributed by atoms with Crippen LogP contribution in [-0.4, -0.2) is 26.1 Å². The average molecular weight is 436 g/mol. The van der Waals surface area contributed by atoms with Crippen LogP contribution in [0.4, 0.5) is 5.69 Å². The molecule has 0 atom stereocenters. The number of amides is 1. The number of hydrogen-bond acceptors (Lipinski definition) is 3. The number of nitrogens with one attached hydrogen (secondary N) is 3. The normalized spacial score (nSPS) is 14.0. The van der Waals surface area contributed by atoms with E-state index >= 15 is 0 Å². The monoisotopic (exact) mass is 435 g/mol. The van der Waals surface area contributed by atoms with E-state index in [1.807, 2.05) is 24.3 Å². The van der Waals surface area contributed by atoms with Crippen molar-refractivity contribution < 1.29 is 4.79 Å². The van der Waals surface area contributed by atoms with E-state index in [2.05, 4.69) is 63.8 Å². The topological polar surface area (TPSA) is 86.5 Å². The Labute approximate surface area is 191 Å². The number of carbonyl (C=O) groups is 1. The Hall–Kier alpha value is -3.93. The van der Waals surface area contributed by atoms with E-state index in [1.54, 1.807) is 0 Å². The highest BCUT2D eigenvalue weighted by molar-refractivity contribution is 5.97. The average Bonchev–Trinajstić information content (AvgIpc) is 3.40. The molecule has 1 amide bonds. The minimum Gasteiger partial charge on any atom is -0.337 e. The van der Waals surface area contributed by atoms with E-state index in [9.17, 15) is 4.79 Å². The second-order valence-electron chi connectivity index (χ2n) is 8.82. The predicted octanol–water partition coefficient (Wildman–Crippen LogP) is 6.07. The molecule has 3 N–H and O–H groups in total. The number of hydrogen-bond donors (Lipinski definition) is 3. The van der Waals surface area contributed by atoms with Crippen LogP contribution in [0.25, 0.3) is 44.6 Å². The van der Waals surface area contributed by atoms with E-state index in [4.69, 9.17) is 4.98 Å². The number of H-pyrrole nitrogens is 2. The SMILES string of the molecule is CCc1cc(NC(=O)C2CCC2)cc(-c2ccc3[nH]nc(-c4nc5ccccc5[nH]4)c3c2)c1. The standard InChI is InChI=1S/C27H25N5O/c1-2-16-12-19(14-20(13-16)28-27(33)17-6-5-7-17)18-10-11-22-21(15-18)25(32-31-22)26-29-23-8-3-4-9-24(23)30-26/h3-4,8-15,17H,2,5-7H2,1H3,(H,28,33)(H,29,30)(H,31,32). The molecule has 0 radical (unpaired) electrons. The van der Waals surface area contributed by atoms with Crippen LogP contribution in [0.2, 0.25) is 0 Å². The van der Waals surface area contributed by atoms with Gasteiger partial charge in [-0.3, -0.25) is 9.89 Å². The maximum absolute atomic E-state index is 12.5. The van der Waals surface area contributed by atoms with Crippen LogP contribution in [0, 0.1) is 5.92 Å². The zero-order chi connectivity index (χ0) is 22.4. The molecule has 6 rings (SSSR count). The molecule has 0 unspecified atom stereocenters. The number of para-hydroxylation sites is 2. The minimum absolute atomic E-state index is 0.137. The van der Waals surface area contributed by atoms with Crippen molar-refractivity contribution in [3.8, 4) is 22.6 Å². The van der Waals surface area contributed by atoms with Crippen molar-refractivity contribution in [1.29, 1.82) is 0 Å². The Morgan fingerprint density at radius 2 is 1.91 bits per heavy atom. The van der Waals surface area contributed by atoms with Crippen molar-refractivity contribution in [2.45, 2.75) is 32.6 Å². The van der Waals surface area contributed by atoms with Crippen LogP contribution in [0.1, 0.15) is 31.7 Å². The third kappa shape index (κ3) is 3.57. The summed E-state index contributed by atoms with van der Waals surface area (Å²) in [5.41, 5.74) is 7.89. The maximum atomic E-state index is 12.5. The van der Waals surface area contributed by atoms with Crippen molar-refractivity contribution in [2.24, 2.45) is 5.92 Å². The first kappa shape index (κ1) is 19.7. The first-order valence-electron chi connectivity index (χ1n) is 11.6. The molecule has 33 heavy (non-hydrogen) atoms. The van der Waals surface area contributed by atoms with Crippen molar-refractivity contribution in [3.05, 3.63) is 66.2 Å². The second-order valence-corrected chi connectivity index (χ2v) is 8.82. The number of fused-ring (bicyclic) bond motifs is 2. The Morgan fingerprint density at radius 3 is 2.70 bits per heavy atom. The largest absolute Gasteiger partial charge is 0.337 e. The number of imidazole rings is 1. The van der Waals surface area contributed by atoms with Gasteiger partial charge in [-0.1, -0.05) is 37.6 Å². The Morgan fingerprint density at radius 1 is 1.03 bits per heavy atom. The molecule has 6 heteroatoms. The van der Waals surface area contributed by atoms with Crippen LogP contribution in [0.3, 0.4) is 0 Å². The fraction of sp³-hybridized carbons (Fsp3) is 0.222. The fourth-order valence-electron chi connectivity index (χ4n) is 4.49. The number of anilines is 1. The van der Waals surface area contributed by atoms with Gasteiger partial charge in [0.1, 0.15) is 5.69 Å². The Bertz CT molecular complexity index is 1460. The fourth-order valence-corrected chi connectivity index (χ4v) is 4.49. The lowest BCUT2D eigenvalue weighted by Gasteiger charge is -2.24. The highest BCUT2D eigenvalue weighted by Gasteiger charge is 2.25. The minimum atomic E-state index is 0.137. The van der Waals surface area contributed by atoms with Gasteiger partial charge in [0, 0.05) is 17.0 Å². The van der Waals surface area contributed by atoms with E-state index in [0.29, 0.717) is 0 Å². The third-order valence-corrected chi connectivity index (χ3v) is 6.65. The predicted molar refractivity (Wildman–Crippen MR) is 132 cm³/mol. The lowest BCUT2D eigenvalue weighted by molar-refractivity contribution is -0.122. The van der Waals surface area contributed by atoms with Crippen molar-refractivity contribution in [3.63, 3.8) is 0 Å². The lowest BCUT2D eigenvalue weighted by Crippen LogP contribution is -2.28. The summed E-state index contributed by atoms with van der Waals surface area (Å²) in [7, 11) is 0. The molecule has 1 saturated carbocycles. The molecule has 1 aliphatic rings. The van der Waals surface area contributed by atoms with Crippen LogP contribution >= 0.6 is 0 Å². The second kappa shape index (κ2) is 7.89. The first-order valence-corrected chi connectivity index (χ1v) is 11.6. The number of benzene rings is 3. The molecule has 2 aromatic heterocycles. The smallest absolute Gasteiger partial charge is 0.227 e. The van der Waals surface area contributed by atoms with Crippen molar-refractivity contribution in [2.75, 3.05) is 5.32 Å². The van der Waals surface area contributed by atoms with Crippen molar-refractivity contribution >= 4 is 33.5 Å². The molecule has 1 fully saturated rings. The molecule has 0 saturated heterocycles. The summed E-state index contributed by atoms with van der Waals surface area (Å²) < 4.78 is 0. The Balaban J connectivity index is 1.40. The molecule has 0 spiro atoms. The highest BCUT2D eigenvalue weighted by Crippen LogP contribution is 2.33. The number of rotatable bonds is 5. The van der Waals surface area contributed by atoms with Crippen LogP contribution in [0.5, 0.6) is 0 Å². The molecule has 0 aliphatic heterocycles. The quantitative estimate of drug-likeness (QED) is 0.313. The van der Waals surface area contributed by atoms with E-state index in [-0.39, 0.29) is 11.8 Å². The summed E-state index contributed by atoms with van der Waals surface area (Å²) in [5.74, 6) is 1.04. The Kier molecular flexibility index (Phi) is 4.72. The third-order valence-electron chi connectivity index (χ3n) is 6.65. The number of aromatic amines is 2. The molecule has 5 aromatic rings. The van der Waals surface area contributed by atoms with Gasteiger partial charge in [-0.15, -0.1) is 0 Å². The summed E-state index contributed by atoms with van der Waals surface area (Å²) in [5, 5.41) is 11.8. The summed E-state index contributed by atoms with van der Waals surface area (Å²) in [4.78, 5) is 20.6. The van der Waals surface area contributed by atoms with Gasteiger partial charge in [0.15, 0.2) is 5.82 Å². The molecule has 3 aromatic carbocycles. The van der Waals surface area contributed by atoms with Gasteiger partial charge in [-0.05, 0) is 72.4 Å². The molecule has 0 bridgehead atoms. The van der Waals surface area contributed by atoms with Crippen LogP contribution < -0.4 is 5.32 Å². The zero-order valence-corrected chi connectivity index (χ0v) is 18.5. The van der Waals surface area contributed by atoms with E-state index in [1.165, 1.54) is 5.56 Å². The van der Waals surface area contributed by atoms with E-state index < -0.39 is 0 Å². The lowest BCUT2D eigenvalue weighted by atomic mass is 9.85. The number of nitrogens with zero attached hydrogens (tertiary/aromatic N) is 2. The number of aryl methyl sites for hydroxylation is 1. The summed E-state index contributed by atoms with van der Waals surface area (Å²) in [6, 6.07) is 20.6. The molecule has 1 aliphatic carbocycles. The van der Waals surface area contributed by atoms with Gasteiger partial charge in [0.2, 0.25) is 5.91 Å². The molecule has 2 heterocycles. The molecular formula is C27H25N5O. The summed E-state index contributed by atoms with van der Waals surface area (Å²) in [6.07, 6.45) is 4.04. The molecule has 164 valence electrons. The highest BCUT2D eigenvalue weighted by atomic mass is 16.1. The maximum Gasteiger partial charge on any atom is 0.227 e. The van der Waals surface area contributed by atoms with Gasteiger partial charge in [0.25, 0.3) is 0 Å². The van der Waals surface area contributed by atoms with Gasteiger partial charge >= 0.3 is 0 Å². The summed E-state index contributed by atoms with van der Waals surface area (Å²) in [6.45, 7) is 2.13. The van der Waals surface area contributed by atoms with Gasteiger partial charge in [0.05, 0.1) is 16.6 Å². The zero-order valence-electron chi connectivity index (χ0n) is 18.5.